The van der Waals surface area contributed by atoms with Gasteiger partial charge in [-0.1, -0.05) is 54.0 Å². The molecular formula is C17H13BrS. The van der Waals surface area contributed by atoms with E-state index in [1.807, 2.05) is 11.3 Å². The highest BCUT2D eigenvalue weighted by molar-refractivity contribution is 9.10. The molecule has 0 saturated carbocycles. The van der Waals surface area contributed by atoms with Crippen molar-refractivity contribution >= 4 is 37.4 Å². The van der Waals surface area contributed by atoms with E-state index in [4.69, 9.17) is 0 Å². The molecule has 2 aromatic carbocycles. The van der Waals surface area contributed by atoms with Gasteiger partial charge in [-0.3, -0.25) is 0 Å². The highest BCUT2D eigenvalue weighted by Gasteiger charge is 2.38. The second-order valence-electron chi connectivity index (χ2n) is 5.62. The number of fused-ring (bicyclic) bond motifs is 5. The summed E-state index contributed by atoms with van der Waals surface area (Å²) in [6.07, 6.45) is 0. The molecule has 0 saturated heterocycles. The zero-order chi connectivity index (χ0) is 13.2. The van der Waals surface area contributed by atoms with Gasteiger partial charge in [0.1, 0.15) is 0 Å². The molecule has 0 N–H and O–H groups in total. The highest BCUT2D eigenvalue weighted by Crippen LogP contribution is 2.55. The zero-order valence-electron chi connectivity index (χ0n) is 10.8. The van der Waals surface area contributed by atoms with Crippen LogP contribution < -0.4 is 0 Å². The number of benzene rings is 2. The van der Waals surface area contributed by atoms with E-state index in [9.17, 15) is 0 Å². The topological polar surface area (TPSA) is 0 Å². The second-order valence-corrected chi connectivity index (χ2v) is 7.59. The van der Waals surface area contributed by atoms with Crippen LogP contribution in [0.5, 0.6) is 0 Å². The van der Waals surface area contributed by atoms with Crippen LogP contribution in [0.15, 0.2) is 46.9 Å². The van der Waals surface area contributed by atoms with E-state index in [2.05, 4.69) is 72.2 Å². The van der Waals surface area contributed by atoms with E-state index in [0.29, 0.717) is 0 Å². The Bertz CT molecular complexity index is 811. The van der Waals surface area contributed by atoms with Crippen LogP contribution in [0.2, 0.25) is 0 Å². The molecule has 19 heavy (non-hydrogen) atoms. The van der Waals surface area contributed by atoms with Crippen molar-refractivity contribution in [1.29, 1.82) is 0 Å². The van der Waals surface area contributed by atoms with Crippen LogP contribution in [-0.4, -0.2) is 0 Å². The summed E-state index contributed by atoms with van der Waals surface area (Å²) in [7, 11) is 0. The molecule has 0 atom stereocenters. The molecule has 0 amide bonds. The molecule has 0 fully saturated rings. The summed E-state index contributed by atoms with van der Waals surface area (Å²) in [6, 6.07) is 15.4. The Kier molecular flexibility index (Phi) is 2.28. The lowest BCUT2D eigenvalue weighted by Crippen LogP contribution is -2.14. The predicted molar refractivity (Wildman–Crippen MR) is 87.1 cm³/mol. The van der Waals surface area contributed by atoms with E-state index in [-0.39, 0.29) is 5.41 Å². The first-order valence-electron chi connectivity index (χ1n) is 6.41. The third-order valence-corrected chi connectivity index (χ3v) is 5.82. The van der Waals surface area contributed by atoms with Crippen molar-refractivity contribution in [3.63, 3.8) is 0 Å². The SMILES string of the molecule is CC1(C)c2cc(Br)ccc2-c2sc3ccccc3c21. The maximum Gasteiger partial charge on any atom is 0.0399 e. The maximum absolute atomic E-state index is 3.60. The fourth-order valence-electron chi connectivity index (χ4n) is 3.22. The van der Waals surface area contributed by atoms with E-state index >= 15 is 0 Å². The third kappa shape index (κ3) is 1.44. The summed E-state index contributed by atoms with van der Waals surface area (Å²) in [4.78, 5) is 1.45. The van der Waals surface area contributed by atoms with Crippen LogP contribution in [-0.2, 0) is 5.41 Å². The smallest absolute Gasteiger partial charge is 0.0399 e. The number of halogens is 1. The van der Waals surface area contributed by atoms with Crippen LogP contribution in [0.4, 0.5) is 0 Å². The van der Waals surface area contributed by atoms with Crippen LogP contribution in [0.1, 0.15) is 25.0 Å². The fourth-order valence-corrected chi connectivity index (χ4v) is 4.98. The van der Waals surface area contributed by atoms with Crippen molar-refractivity contribution < 1.29 is 0 Å². The summed E-state index contributed by atoms with van der Waals surface area (Å²) >= 11 is 5.52. The second kappa shape index (κ2) is 3.71. The van der Waals surface area contributed by atoms with Crippen molar-refractivity contribution in [3.8, 4) is 10.4 Å². The zero-order valence-corrected chi connectivity index (χ0v) is 13.2. The van der Waals surface area contributed by atoms with E-state index in [0.717, 1.165) is 0 Å². The summed E-state index contributed by atoms with van der Waals surface area (Å²) in [5.41, 5.74) is 4.44. The van der Waals surface area contributed by atoms with Gasteiger partial charge in [0.25, 0.3) is 0 Å². The van der Waals surface area contributed by atoms with Gasteiger partial charge >= 0.3 is 0 Å². The predicted octanol–water partition coefficient (Wildman–Crippen LogP) is 5.97. The quantitative estimate of drug-likeness (QED) is 0.477. The van der Waals surface area contributed by atoms with E-state index in [1.165, 1.54) is 36.1 Å². The van der Waals surface area contributed by atoms with Gasteiger partial charge in [-0.05, 0) is 40.3 Å². The van der Waals surface area contributed by atoms with Crippen molar-refractivity contribution in [2.24, 2.45) is 0 Å². The summed E-state index contributed by atoms with van der Waals surface area (Å²) in [6.45, 7) is 4.67. The lowest BCUT2D eigenvalue weighted by Gasteiger charge is -2.21. The Balaban J connectivity index is 2.17. The summed E-state index contributed by atoms with van der Waals surface area (Å²) in [5.74, 6) is 0. The average molecular weight is 329 g/mol. The molecule has 1 heterocycles. The first-order valence-corrected chi connectivity index (χ1v) is 8.02. The molecule has 1 aromatic heterocycles. The number of rotatable bonds is 0. The van der Waals surface area contributed by atoms with E-state index in [1.54, 1.807) is 0 Å². The Hall–Kier alpha value is -1.12. The average Bonchev–Trinajstić information content (AvgIpc) is 2.86. The number of hydrogen-bond acceptors (Lipinski definition) is 1. The lowest BCUT2D eigenvalue weighted by atomic mass is 9.81. The standard InChI is InChI=1S/C17H13BrS/c1-17(2)13-9-10(18)7-8-11(13)16-15(17)12-5-3-4-6-14(12)19-16/h3-9H,1-2H3. The minimum absolute atomic E-state index is 0.0913. The normalized spacial score (nSPS) is 15.5. The Morgan fingerprint density at radius 1 is 1.05 bits per heavy atom. The number of hydrogen-bond donors (Lipinski definition) is 0. The van der Waals surface area contributed by atoms with Crippen molar-refractivity contribution in [2.45, 2.75) is 19.3 Å². The monoisotopic (exact) mass is 328 g/mol. The first kappa shape index (κ1) is 11.7. The highest BCUT2D eigenvalue weighted by atomic mass is 79.9. The van der Waals surface area contributed by atoms with Gasteiger partial charge in [0.05, 0.1) is 0 Å². The fraction of sp³-hybridized carbons (Fsp3) is 0.176. The van der Waals surface area contributed by atoms with Gasteiger partial charge in [0, 0.05) is 19.5 Å². The summed E-state index contributed by atoms with van der Waals surface area (Å²) in [5, 5.41) is 1.42. The molecular weight excluding hydrogens is 316 g/mol. The van der Waals surface area contributed by atoms with E-state index < -0.39 is 0 Å². The lowest BCUT2D eigenvalue weighted by molar-refractivity contribution is 0.667. The van der Waals surface area contributed by atoms with Gasteiger partial charge < -0.3 is 0 Å². The molecule has 0 radical (unpaired) electrons. The molecule has 0 aliphatic heterocycles. The third-order valence-electron chi connectivity index (χ3n) is 4.12. The van der Waals surface area contributed by atoms with Crippen LogP contribution in [0.3, 0.4) is 0 Å². The van der Waals surface area contributed by atoms with Gasteiger partial charge in [-0.25, -0.2) is 0 Å². The molecule has 94 valence electrons. The van der Waals surface area contributed by atoms with Crippen molar-refractivity contribution in [3.05, 3.63) is 58.1 Å². The minimum Gasteiger partial charge on any atom is -0.135 e. The molecule has 0 spiro atoms. The van der Waals surface area contributed by atoms with Gasteiger partial charge in [-0.2, -0.15) is 0 Å². The molecule has 0 nitrogen and oxygen atoms in total. The Morgan fingerprint density at radius 3 is 2.68 bits per heavy atom. The van der Waals surface area contributed by atoms with Gasteiger partial charge in [0.2, 0.25) is 0 Å². The van der Waals surface area contributed by atoms with Crippen molar-refractivity contribution in [1.82, 2.24) is 0 Å². The summed E-state index contributed by atoms with van der Waals surface area (Å²) < 4.78 is 2.56. The largest absolute Gasteiger partial charge is 0.135 e. The molecule has 0 unspecified atom stereocenters. The Morgan fingerprint density at radius 2 is 1.84 bits per heavy atom. The number of thiophene rings is 1. The van der Waals surface area contributed by atoms with Crippen LogP contribution >= 0.6 is 27.3 Å². The first-order chi connectivity index (χ1) is 9.09. The molecule has 2 heteroatoms. The molecule has 4 rings (SSSR count). The maximum atomic E-state index is 3.60. The molecule has 1 aliphatic rings. The van der Waals surface area contributed by atoms with Gasteiger partial charge in [-0.15, -0.1) is 11.3 Å². The minimum atomic E-state index is 0.0913. The van der Waals surface area contributed by atoms with Gasteiger partial charge in [0.15, 0.2) is 0 Å². The molecule has 0 bridgehead atoms. The molecule has 1 aliphatic carbocycles. The van der Waals surface area contributed by atoms with Crippen LogP contribution in [0, 0.1) is 0 Å². The van der Waals surface area contributed by atoms with Crippen molar-refractivity contribution in [2.75, 3.05) is 0 Å². The van der Waals surface area contributed by atoms with Crippen LogP contribution in [0.25, 0.3) is 20.5 Å². The molecule has 3 aromatic rings. The Labute approximate surface area is 125 Å².